The van der Waals surface area contributed by atoms with E-state index < -0.39 is 0 Å². The van der Waals surface area contributed by atoms with Crippen LogP contribution >= 0.6 is 0 Å². The smallest absolute Gasteiger partial charge is 0.147 e. The lowest BCUT2D eigenvalue weighted by molar-refractivity contribution is 0.276. The van der Waals surface area contributed by atoms with Gasteiger partial charge in [0.25, 0.3) is 0 Å². The van der Waals surface area contributed by atoms with Crippen LogP contribution in [0.1, 0.15) is 31.4 Å². The zero-order chi connectivity index (χ0) is 11.0. The fourth-order valence-corrected chi connectivity index (χ4v) is 1.97. The van der Waals surface area contributed by atoms with E-state index in [1.807, 2.05) is 0 Å². The molecule has 2 saturated carbocycles. The van der Waals surface area contributed by atoms with Crippen LogP contribution in [0.25, 0.3) is 0 Å². The number of rotatable bonds is 5. The van der Waals surface area contributed by atoms with Crippen LogP contribution in [-0.2, 0) is 6.61 Å². The Kier molecular flexibility index (Phi) is 2.52. The van der Waals surface area contributed by atoms with Crippen molar-refractivity contribution < 1.29 is 5.11 Å². The van der Waals surface area contributed by atoms with Gasteiger partial charge in [0, 0.05) is 12.6 Å². The molecule has 0 aromatic carbocycles. The number of aliphatic hydroxyl groups excluding tert-OH is 1. The molecule has 0 radical (unpaired) electrons. The minimum Gasteiger partial charge on any atom is -0.390 e. The first-order valence-electron chi connectivity index (χ1n) is 6.05. The summed E-state index contributed by atoms with van der Waals surface area (Å²) < 4.78 is 0. The highest BCUT2D eigenvalue weighted by Crippen LogP contribution is 2.36. The number of hydrogen-bond acceptors (Lipinski definition) is 4. The van der Waals surface area contributed by atoms with Crippen LogP contribution in [0.4, 0.5) is 5.82 Å². The summed E-state index contributed by atoms with van der Waals surface area (Å²) in [6.45, 7) is 1.11. The molecule has 1 aromatic heterocycles. The molecule has 0 spiro atoms. The Labute approximate surface area is 95.3 Å². The molecule has 86 valence electrons. The second-order valence-corrected chi connectivity index (χ2v) is 4.85. The largest absolute Gasteiger partial charge is 0.390 e. The molecule has 4 nitrogen and oxygen atoms in total. The summed E-state index contributed by atoms with van der Waals surface area (Å²) in [5, 5.41) is 8.93. The Balaban J connectivity index is 1.74. The Hall–Kier alpha value is -1.16. The molecule has 1 heterocycles. The quantitative estimate of drug-likeness (QED) is 0.812. The first-order chi connectivity index (χ1) is 7.86. The van der Waals surface area contributed by atoms with E-state index in [-0.39, 0.29) is 6.61 Å². The van der Waals surface area contributed by atoms with Gasteiger partial charge in [-0.25, -0.2) is 4.98 Å². The molecule has 2 aliphatic carbocycles. The molecular weight excluding hydrogens is 202 g/mol. The molecule has 1 N–H and O–H groups in total. The van der Waals surface area contributed by atoms with Crippen LogP contribution in [0.3, 0.4) is 0 Å². The molecule has 16 heavy (non-hydrogen) atoms. The first kappa shape index (κ1) is 10.0. The van der Waals surface area contributed by atoms with Gasteiger partial charge in [-0.2, -0.15) is 0 Å². The van der Waals surface area contributed by atoms with Gasteiger partial charge < -0.3 is 10.0 Å². The molecule has 1 aromatic rings. The standard InChI is InChI=1S/C12H17N3O/c16-8-10-5-14-12(6-13-10)15(11-3-4-11)7-9-1-2-9/h5-6,9,11,16H,1-4,7-8H2. The number of aromatic nitrogens is 2. The molecule has 0 amide bonds. The Morgan fingerprint density at radius 2 is 2.00 bits per heavy atom. The first-order valence-corrected chi connectivity index (χ1v) is 6.05. The molecule has 0 saturated heterocycles. The van der Waals surface area contributed by atoms with Crippen molar-refractivity contribution in [2.45, 2.75) is 38.3 Å². The Morgan fingerprint density at radius 3 is 2.50 bits per heavy atom. The van der Waals surface area contributed by atoms with Gasteiger partial charge in [0.1, 0.15) is 5.82 Å². The highest BCUT2D eigenvalue weighted by molar-refractivity contribution is 5.39. The molecule has 0 aliphatic heterocycles. The molecule has 2 aliphatic rings. The van der Waals surface area contributed by atoms with Gasteiger partial charge in [-0.15, -0.1) is 0 Å². The molecule has 3 rings (SSSR count). The predicted octanol–water partition coefficient (Wildman–Crippen LogP) is 1.35. The van der Waals surface area contributed by atoms with E-state index in [1.165, 1.54) is 25.7 Å². The number of aliphatic hydroxyl groups is 1. The SMILES string of the molecule is OCc1cnc(N(CC2CC2)C2CC2)cn1. The van der Waals surface area contributed by atoms with Crippen molar-refractivity contribution in [3.8, 4) is 0 Å². The zero-order valence-corrected chi connectivity index (χ0v) is 9.34. The van der Waals surface area contributed by atoms with Crippen molar-refractivity contribution in [3.05, 3.63) is 18.1 Å². The maximum atomic E-state index is 8.93. The summed E-state index contributed by atoms with van der Waals surface area (Å²) in [6, 6.07) is 0.690. The maximum Gasteiger partial charge on any atom is 0.147 e. The minimum atomic E-state index is -0.0284. The topological polar surface area (TPSA) is 49.3 Å². The van der Waals surface area contributed by atoms with Crippen molar-refractivity contribution in [1.82, 2.24) is 9.97 Å². The van der Waals surface area contributed by atoms with E-state index in [0.29, 0.717) is 11.7 Å². The molecular formula is C12H17N3O. The predicted molar refractivity (Wildman–Crippen MR) is 61.0 cm³/mol. The van der Waals surface area contributed by atoms with Crippen LogP contribution in [0.2, 0.25) is 0 Å². The Morgan fingerprint density at radius 1 is 1.19 bits per heavy atom. The summed E-state index contributed by atoms with van der Waals surface area (Å²) in [4.78, 5) is 11.0. The van der Waals surface area contributed by atoms with Crippen molar-refractivity contribution in [3.63, 3.8) is 0 Å². The molecule has 2 fully saturated rings. The van der Waals surface area contributed by atoms with Crippen LogP contribution in [0.5, 0.6) is 0 Å². The van der Waals surface area contributed by atoms with Crippen molar-refractivity contribution in [1.29, 1.82) is 0 Å². The van der Waals surface area contributed by atoms with Gasteiger partial charge in [0.05, 0.1) is 24.7 Å². The van der Waals surface area contributed by atoms with Crippen molar-refractivity contribution in [2.75, 3.05) is 11.4 Å². The lowest BCUT2D eigenvalue weighted by Gasteiger charge is -2.22. The monoisotopic (exact) mass is 219 g/mol. The summed E-state index contributed by atoms with van der Waals surface area (Å²) in [7, 11) is 0. The third kappa shape index (κ3) is 2.16. The van der Waals surface area contributed by atoms with Gasteiger partial charge in [0.15, 0.2) is 0 Å². The van der Waals surface area contributed by atoms with Gasteiger partial charge in [-0.05, 0) is 31.6 Å². The normalized spacial score (nSPS) is 19.8. The van der Waals surface area contributed by atoms with E-state index >= 15 is 0 Å². The highest BCUT2D eigenvalue weighted by Gasteiger charge is 2.34. The molecule has 0 bridgehead atoms. The van der Waals surface area contributed by atoms with Gasteiger partial charge >= 0.3 is 0 Å². The van der Waals surface area contributed by atoms with Gasteiger partial charge in [0.2, 0.25) is 0 Å². The van der Waals surface area contributed by atoms with Crippen LogP contribution in [0, 0.1) is 5.92 Å². The second-order valence-electron chi connectivity index (χ2n) is 4.85. The van der Waals surface area contributed by atoms with Crippen LogP contribution < -0.4 is 4.90 Å². The fourth-order valence-electron chi connectivity index (χ4n) is 1.97. The molecule has 4 heteroatoms. The second kappa shape index (κ2) is 4.01. The lowest BCUT2D eigenvalue weighted by atomic mass is 10.3. The molecule has 0 unspecified atom stereocenters. The summed E-state index contributed by atoms with van der Waals surface area (Å²) in [6.07, 6.45) is 8.78. The lowest BCUT2D eigenvalue weighted by Crippen LogP contribution is -2.29. The third-order valence-electron chi connectivity index (χ3n) is 3.29. The van der Waals surface area contributed by atoms with E-state index in [0.717, 1.165) is 18.3 Å². The molecule has 0 atom stereocenters. The average molecular weight is 219 g/mol. The van der Waals surface area contributed by atoms with Crippen LogP contribution in [-0.4, -0.2) is 27.7 Å². The average Bonchev–Trinajstić information content (AvgIpc) is 3.16. The zero-order valence-electron chi connectivity index (χ0n) is 9.34. The van der Waals surface area contributed by atoms with Gasteiger partial charge in [-0.1, -0.05) is 0 Å². The summed E-state index contributed by atoms with van der Waals surface area (Å²) in [5.41, 5.74) is 0.644. The maximum absolute atomic E-state index is 8.93. The number of nitrogens with zero attached hydrogens (tertiary/aromatic N) is 3. The van der Waals surface area contributed by atoms with E-state index in [4.69, 9.17) is 5.11 Å². The highest BCUT2D eigenvalue weighted by atomic mass is 16.3. The summed E-state index contributed by atoms with van der Waals surface area (Å²) >= 11 is 0. The third-order valence-corrected chi connectivity index (χ3v) is 3.29. The van der Waals surface area contributed by atoms with Gasteiger partial charge in [-0.3, -0.25) is 4.98 Å². The number of anilines is 1. The fraction of sp³-hybridized carbons (Fsp3) is 0.667. The van der Waals surface area contributed by atoms with Crippen LogP contribution in [0.15, 0.2) is 12.4 Å². The van der Waals surface area contributed by atoms with E-state index in [9.17, 15) is 0 Å². The van der Waals surface area contributed by atoms with E-state index in [1.54, 1.807) is 12.4 Å². The van der Waals surface area contributed by atoms with E-state index in [2.05, 4.69) is 14.9 Å². The van der Waals surface area contributed by atoms with Crippen molar-refractivity contribution >= 4 is 5.82 Å². The summed E-state index contributed by atoms with van der Waals surface area (Å²) in [5.74, 6) is 1.85. The Bertz CT molecular complexity index is 357. The van der Waals surface area contributed by atoms with Crippen molar-refractivity contribution in [2.24, 2.45) is 5.92 Å². The minimum absolute atomic E-state index is 0.0284. The number of hydrogen-bond donors (Lipinski definition) is 1.